The average molecular weight is 156 g/mol. The highest BCUT2D eigenvalue weighted by atomic mass is 16.6. The Labute approximate surface area is 67.9 Å². The summed E-state index contributed by atoms with van der Waals surface area (Å²) in [7, 11) is 0. The lowest BCUT2D eigenvalue weighted by molar-refractivity contribution is -0.189. The van der Waals surface area contributed by atoms with Crippen LogP contribution in [0, 0.1) is 0 Å². The Morgan fingerprint density at radius 3 is 2.64 bits per heavy atom. The maximum absolute atomic E-state index is 5.91. The second-order valence-electron chi connectivity index (χ2n) is 3.83. The quantitative estimate of drug-likeness (QED) is 0.532. The van der Waals surface area contributed by atoms with Crippen LogP contribution >= 0.6 is 0 Å². The minimum Gasteiger partial charge on any atom is -0.376 e. The summed E-state index contributed by atoms with van der Waals surface area (Å²) in [6.45, 7) is 3.71. The van der Waals surface area contributed by atoms with Crippen molar-refractivity contribution in [1.82, 2.24) is 0 Å². The van der Waals surface area contributed by atoms with Crippen LogP contribution in [0.1, 0.15) is 32.6 Å². The fourth-order valence-electron chi connectivity index (χ4n) is 2.19. The van der Waals surface area contributed by atoms with Gasteiger partial charge in [0.25, 0.3) is 0 Å². The molecule has 0 N–H and O–H groups in total. The maximum atomic E-state index is 5.91. The zero-order chi connectivity index (χ0) is 7.73. The standard InChI is InChI=1S/C9H16O2/c1-8-6-10-7-9(11-8)4-2-3-5-9/h8H,2-7H2,1H3. The van der Waals surface area contributed by atoms with Crippen molar-refractivity contribution in [2.24, 2.45) is 0 Å². The first-order valence-corrected chi connectivity index (χ1v) is 4.56. The molecule has 64 valence electrons. The molecule has 2 nitrogen and oxygen atoms in total. The number of hydrogen-bond acceptors (Lipinski definition) is 2. The Bertz CT molecular complexity index is 138. The van der Waals surface area contributed by atoms with Crippen LogP contribution in [0.5, 0.6) is 0 Å². The van der Waals surface area contributed by atoms with Crippen molar-refractivity contribution in [3.8, 4) is 0 Å². The molecule has 0 radical (unpaired) electrons. The first-order valence-electron chi connectivity index (χ1n) is 4.56. The first-order chi connectivity index (χ1) is 5.31. The van der Waals surface area contributed by atoms with E-state index in [4.69, 9.17) is 9.47 Å². The topological polar surface area (TPSA) is 18.5 Å². The Kier molecular flexibility index (Phi) is 1.90. The van der Waals surface area contributed by atoms with Crippen LogP contribution in [-0.2, 0) is 9.47 Å². The van der Waals surface area contributed by atoms with Gasteiger partial charge >= 0.3 is 0 Å². The van der Waals surface area contributed by atoms with Gasteiger partial charge in [0, 0.05) is 0 Å². The second kappa shape index (κ2) is 2.76. The van der Waals surface area contributed by atoms with E-state index >= 15 is 0 Å². The molecule has 1 atom stereocenters. The van der Waals surface area contributed by atoms with Gasteiger partial charge in [-0.1, -0.05) is 12.8 Å². The van der Waals surface area contributed by atoms with Crippen LogP contribution in [-0.4, -0.2) is 24.9 Å². The van der Waals surface area contributed by atoms with Crippen molar-refractivity contribution in [3.63, 3.8) is 0 Å². The molecule has 2 fully saturated rings. The molecule has 1 saturated carbocycles. The predicted molar refractivity (Wildman–Crippen MR) is 42.6 cm³/mol. The summed E-state index contributed by atoms with van der Waals surface area (Å²) in [5, 5.41) is 0. The normalized spacial score (nSPS) is 36.3. The van der Waals surface area contributed by atoms with E-state index in [1.54, 1.807) is 0 Å². The molecular weight excluding hydrogens is 140 g/mol. The molecule has 1 spiro atoms. The summed E-state index contributed by atoms with van der Waals surface area (Å²) in [5.41, 5.74) is 0.123. The fourth-order valence-corrected chi connectivity index (χ4v) is 2.19. The predicted octanol–water partition coefficient (Wildman–Crippen LogP) is 1.73. The Hall–Kier alpha value is -0.0800. The van der Waals surface area contributed by atoms with E-state index in [2.05, 4.69) is 6.92 Å². The van der Waals surface area contributed by atoms with Gasteiger partial charge in [0.1, 0.15) is 0 Å². The molecule has 2 aliphatic rings. The summed E-state index contributed by atoms with van der Waals surface area (Å²) in [4.78, 5) is 0. The third-order valence-electron chi connectivity index (χ3n) is 2.68. The Morgan fingerprint density at radius 2 is 2.00 bits per heavy atom. The lowest BCUT2D eigenvalue weighted by Crippen LogP contribution is -2.44. The van der Waals surface area contributed by atoms with Crippen molar-refractivity contribution < 1.29 is 9.47 Å². The van der Waals surface area contributed by atoms with Crippen LogP contribution in [0.2, 0.25) is 0 Å². The van der Waals surface area contributed by atoms with Crippen LogP contribution in [0.25, 0.3) is 0 Å². The Morgan fingerprint density at radius 1 is 1.27 bits per heavy atom. The van der Waals surface area contributed by atoms with Gasteiger partial charge in [-0.3, -0.25) is 0 Å². The van der Waals surface area contributed by atoms with Gasteiger partial charge in [-0.15, -0.1) is 0 Å². The van der Waals surface area contributed by atoms with E-state index in [0.29, 0.717) is 6.10 Å². The lowest BCUT2D eigenvalue weighted by Gasteiger charge is -2.37. The van der Waals surface area contributed by atoms with Gasteiger partial charge in [0.05, 0.1) is 24.9 Å². The van der Waals surface area contributed by atoms with Crippen LogP contribution in [0.3, 0.4) is 0 Å². The SMILES string of the molecule is CC1COCC2(CCCC2)O1. The monoisotopic (exact) mass is 156 g/mol. The third kappa shape index (κ3) is 1.42. The third-order valence-corrected chi connectivity index (χ3v) is 2.68. The molecule has 0 amide bonds. The summed E-state index contributed by atoms with van der Waals surface area (Å²) < 4.78 is 11.4. The summed E-state index contributed by atoms with van der Waals surface area (Å²) in [6, 6.07) is 0. The largest absolute Gasteiger partial charge is 0.376 e. The highest BCUT2D eigenvalue weighted by molar-refractivity contribution is 4.89. The van der Waals surface area contributed by atoms with Crippen LogP contribution < -0.4 is 0 Å². The van der Waals surface area contributed by atoms with Crippen molar-refractivity contribution >= 4 is 0 Å². The van der Waals surface area contributed by atoms with Gasteiger partial charge in [-0.05, 0) is 19.8 Å². The highest BCUT2D eigenvalue weighted by Crippen LogP contribution is 2.36. The van der Waals surface area contributed by atoms with E-state index in [-0.39, 0.29) is 5.60 Å². The summed E-state index contributed by atoms with van der Waals surface area (Å²) in [5.74, 6) is 0. The molecule has 1 saturated heterocycles. The van der Waals surface area contributed by atoms with Crippen molar-refractivity contribution in [3.05, 3.63) is 0 Å². The molecule has 0 bridgehead atoms. The van der Waals surface area contributed by atoms with Gasteiger partial charge in [-0.2, -0.15) is 0 Å². The van der Waals surface area contributed by atoms with Crippen molar-refractivity contribution in [1.29, 1.82) is 0 Å². The first kappa shape index (κ1) is 7.56. The Balaban J connectivity index is 2.00. The highest BCUT2D eigenvalue weighted by Gasteiger charge is 2.39. The van der Waals surface area contributed by atoms with E-state index in [0.717, 1.165) is 13.2 Å². The molecule has 0 aromatic heterocycles. The maximum Gasteiger partial charge on any atom is 0.0919 e. The zero-order valence-corrected chi connectivity index (χ0v) is 7.14. The zero-order valence-electron chi connectivity index (χ0n) is 7.14. The minimum atomic E-state index is 0.123. The van der Waals surface area contributed by atoms with Gasteiger partial charge < -0.3 is 9.47 Å². The molecular formula is C9H16O2. The molecule has 2 rings (SSSR count). The molecule has 2 heteroatoms. The van der Waals surface area contributed by atoms with E-state index in [9.17, 15) is 0 Å². The number of rotatable bonds is 0. The molecule has 0 aromatic carbocycles. The average Bonchev–Trinajstić information content (AvgIpc) is 2.37. The number of hydrogen-bond donors (Lipinski definition) is 0. The van der Waals surface area contributed by atoms with E-state index < -0.39 is 0 Å². The van der Waals surface area contributed by atoms with Crippen molar-refractivity contribution in [2.45, 2.75) is 44.3 Å². The van der Waals surface area contributed by atoms with Gasteiger partial charge in [0.2, 0.25) is 0 Å². The van der Waals surface area contributed by atoms with E-state index in [1.807, 2.05) is 0 Å². The minimum absolute atomic E-state index is 0.123. The molecule has 11 heavy (non-hydrogen) atoms. The van der Waals surface area contributed by atoms with Crippen LogP contribution in [0.4, 0.5) is 0 Å². The van der Waals surface area contributed by atoms with E-state index in [1.165, 1.54) is 25.7 Å². The molecule has 1 aliphatic carbocycles. The summed E-state index contributed by atoms with van der Waals surface area (Å²) in [6.07, 6.45) is 5.35. The van der Waals surface area contributed by atoms with Gasteiger partial charge in [0.15, 0.2) is 0 Å². The molecule has 1 unspecified atom stereocenters. The molecule has 1 aliphatic heterocycles. The number of ether oxygens (including phenoxy) is 2. The van der Waals surface area contributed by atoms with Crippen LogP contribution in [0.15, 0.2) is 0 Å². The second-order valence-corrected chi connectivity index (χ2v) is 3.83. The summed E-state index contributed by atoms with van der Waals surface area (Å²) >= 11 is 0. The van der Waals surface area contributed by atoms with Crippen molar-refractivity contribution in [2.75, 3.05) is 13.2 Å². The lowest BCUT2D eigenvalue weighted by atomic mass is 10.0. The smallest absolute Gasteiger partial charge is 0.0919 e. The molecule has 1 heterocycles. The van der Waals surface area contributed by atoms with Gasteiger partial charge in [-0.25, -0.2) is 0 Å². The fraction of sp³-hybridized carbons (Fsp3) is 1.00. The molecule has 0 aromatic rings.